The number of benzene rings is 1. The van der Waals surface area contributed by atoms with Gasteiger partial charge < -0.3 is 9.53 Å². The van der Waals surface area contributed by atoms with Crippen molar-refractivity contribution in [1.29, 1.82) is 0 Å². The quantitative estimate of drug-likeness (QED) is 0.791. The average Bonchev–Trinajstić information content (AvgIpc) is 2.27. The Morgan fingerprint density at radius 2 is 1.81 bits per heavy atom. The van der Waals surface area contributed by atoms with Gasteiger partial charge in [-0.2, -0.15) is 0 Å². The maximum absolute atomic E-state index is 10.5. The van der Waals surface area contributed by atoms with E-state index in [0.717, 1.165) is 28.5 Å². The van der Waals surface area contributed by atoms with Crippen molar-refractivity contribution in [2.45, 2.75) is 33.6 Å². The first-order valence-electron chi connectivity index (χ1n) is 5.30. The molecule has 0 unspecified atom stereocenters. The molecule has 0 aliphatic heterocycles. The van der Waals surface area contributed by atoms with Crippen LogP contribution in [-0.4, -0.2) is 13.4 Å². The average molecular weight is 285 g/mol. The zero-order chi connectivity index (χ0) is 12.3. The van der Waals surface area contributed by atoms with Gasteiger partial charge in [-0.3, -0.25) is 0 Å². The predicted molar refractivity (Wildman–Crippen MR) is 69.3 cm³/mol. The fraction of sp³-hybridized carbons (Fsp3) is 0.462. The molecule has 16 heavy (non-hydrogen) atoms. The lowest BCUT2D eigenvalue weighted by Gasteiger charge is -2.18. The van der Waals surface area contributed by atoms with Crippen molar-refractivity contribution in [3.63, 3.8) is 0 Å². The summed E-state index contributed by atoms with van der Waals surface area (Å²) >= 11 is 3.55. The van der Waals surface area contributed by atoms with E-state index in [4.69, 9.17) is 4.74 Å². The third kappa shape index (κ3) is 2.29. The summed E-state index contributed by atoms with van der Waals surface area (Å²) in [6.45, 7) is 6.18. The summed E-state index contributed by atoms with van der Waals surface area (Å²) in [6.07, 6.45) is 2.33. The molecular weight excluding hydrogens is 268 g/mol. The Balaban J connectivity index is 3.34. The Labute approximate surface area is 105 Å². The lowest BCUT2D eigenvalue weighted by Crippen LogP contribution is -2.02. The fourth-order valence-electron chi connectivity index (χ4n) is 1.97. The Hall–Kier alpha value is -0.830. The molecule has 0 radical (unpaired) electrons. The number of ether oxygens (including phenoxy) is 1. The van der Waals surface area contributed by atoms with Crippen LogP contribution in [0.5, 0.6) is 5.75 Å². The van der Waals surface area contributed by atoms with Crippen LogP contribution in [0.25, 0.3) is 0 Å². The largest absolute Gasteiger partial charge is 0.495 e. The third-order valence-electron chi connectivity index (χ3n) is 3.05. The smallest absolute Gasteiger partial charge is 0.136 e. The Morgan fingerprint density at radius 1 is 1.19 bits per heavy atom. The second-order valence-electron chi connectivity index (χ2n) is 3.91. The molecule has 2 nitrogen and oxygen atoms in total. The van der Waals surface area contributed by atoms with Crippen LogP contribution in [0.4, 0.5) is 0 Å². The highest BCUT2D eigenvalue weighted by atomic mass is 79.9. The van der Waals surface area contributed by atoms with E-state index in [2.05, 4.69) is 29.8 Å². The van der Waals surface area contributed by atoms with Gasteiger partial charge >= 0.3 is 0 Å². The molecule has 0 heterocycles. The summed E-state index contributed by atoms with van der Waals surface area (Å²) in [5.74, 6) is 0.893. The van der Waals surface area contributed by atoms with Crippen LogP contribution >= 0.6 is 15.9 Å². The summed E-state index contributed by atoms with van der Waals surface area (Å²) in [4.78, 5) is 10.5. The van der Waals surface area contributed by atoms with E-state index in [-0.39, 0.29) is 0 Å². The van der Waals surface area contributed by atoms with Crippen molar-refractivity contribution >= 4 is 22.2 Å². The van der Waals surface area contributed by atoms with Crippen molar-refractivity contribution in [1.82, 2.24) is 0 Å². The predicted octanol–water partition coefficient (Wildman–Crippen LogP) is 3.51. The SMILES string of the molecule is COc1c(C)c(C)c(CCC=O)c(C)c1Br. The lowest BCUT2D eigenvalue weighted by molar-refractivity contribution is -0.107. The van der Waals surface area contributed by atoms with Gasteiger partial charge in [-0.15, -0.1) is 0 Å². The number of halogens is 1. The lowest BCUT2D eigenvalue weighted by atomic mass is 9.94. The zero-order valence-electron chi connectivity index (χ0n) is 10.2. The molecule has 0 atom stereocenters. The van der Waals surface area contributed by atoms with Gasteiger partial charge in [-0.25, -0.2) is 0 Å². The second-order valence-corrected chi connectivity index (χ2v) is 4.70. The molecule has 0 saturated carbocycles. The van der Waals surface area contributed by atoms with Gasteiger partial charge in [0.2, 0.25) is 0 Å². The highest BCUT2D eigenvalue weighted by Gasteiger charge is 2.15. The summed E-state index contributed by atoms with van der Waals surface area (Å²) in [5.41, 5.74) is 4.78. The Bertz CT molecular complexity index is 382. The first-order chi connectivity index (χ1) is 7.54. The van der Waals surface area contributed by atoms with Crippen molar-refractivity contribution in [2.75, 3.05) is 7.11 Å². The number of hydrogen-bond acceptors (Lipinski definition) is 2. The molecule has 88 valence electrons. The molecule has 0 amide bonds. The van der Waals surface area contributed by atoms with Gasteiger partial charge in [-0.05, 0) is 65.4 Å². The van der Waals surface area contributed by atoms with E-state index in [1.165, 1.54) is 16.7 Å². The molecular formula is C13H17BrO2. The first-order valence-corrected chi connectivity index (χ1v) is 6.09. The molecule has 0 spiro atoms. The van der Waals surface area contributed by atoms with Crippen LogP contribution < -0.4 is 4.74 Å². The van der Waals surface area contributed by atoms with Crippen LogP contribution in [0, 0.1) is 20.8 Å². The summed E-state index contributed by atoms with van der Waals surface area (Å²) in [6, 6.07) is 0. The highest BCUT2D eigenvalue weighted by molar-refractivity contribution is 9.10. The molecule has 1 rings (SSSR count). The van der Waals surface area contributed by atoms with Gasteiger partial charge in [0.1, 0.15) is 12.0 Å². The van der Waals surface area contributed by atoms with Crippen LogP contribution in [0.2, 0.25) is 0 Å². The minimum atomic E-state index is 0.569. The molecule has 0 aromatic heterocycles. The maximum Gasteiger partial charge on any atom is 0.136 e. The van der Waals surface area contributed by atoms with Crippen LogP contribution in [0.1, 0.15) is 28.7 Å². The van der Waals surface area contributed by atoms with Crippen LogP contribution in [0.15, 0.2) is 4.47 Å². The number of methoxy groups -OCH3 is 1. The Kier molecular flexibility index (Phi) is 4.54. The van der Waals surface area contributed by atoms with Gasteiger partial charge in [0.15, 0.2) is 0 Å². The minimum absolute atomic E-state index is 0.569. The minimum Gasteiger partial charge on any atom is -0.495 e. The zero-order valence-corrected chi connectivity index (χ0v) is 11.8. The molecule has 3 heteroatoms. The molecule has 0 N–H and O–H groups in total. The van der Waals surface area contributed by atoms with Gasteiger partial charge in [-0.1, -0.05) is 0 Å². The highest BCUT2D eigenvalue weighted by Crippen LogP contribution is 2.37. The van der Waals surface area contributed by atoms with E-state index >= 15 is 0 Å². The molecule has 0 aliphatic rings. The molecule has 0 aliphatic carbocycles. The van der Waals surface area contributed by atoms with Crippen LogP contribution in [-0.2, 0) is 11.2 Å². The molecule has 0 fully saturated rings. The van der Waals surface area contributed by atoms with Gasteiger partial charge in [0.25, 0.3) is 0 Å². The fourth-order valence-corrected chi connectivity index (χ4v) is 2.66. The third-order valence-corrected chi connectivity index (χ3v) is 4.01. The summed E-state index contributed by atoms with van der Waals surface area (Å²) in [7, 11) is 1.68. The molecule has 0 bridgehead atoms. The Morgan fingerprint density at radius 3 is 2.31 bits per heavy atom. The van der Waals surface area contributed by atoms with E-state index in [1.54, 1.807) is 7.11 Å². The number of carbonyl (C=O) groups excluding carboxylic acids is 1. The van der Waals surface area contributed by atoms with E-state index < -0.39 is 0 Å². The van der Waals surface area contributed by atoms with Gasteiger partial charge in [0, 0.05) is 6.42 Å². The summed E-state index contributed by atoms with van der Waals surface area (Å²) in [5, 5.41) is 0. The topological polar surface area (TPSA) is 26.3 Å². The number of rotatable bonds is 4. The van der Waals surface area contributed by atoms with E-state index in [9.17, 15) is 4.79 Å². The number of aldehydes is 1. The molecule has 0 saturated heterocycles. The van der Waals surface area contributed by atoms with Crippen molar-refractivity contribution in [3.8, 4) is 5.75 Å². The van der Waals surface area contributed by atoms with Crippen LogP contribution in [0.3, 0.4) is 0 Å². The first kappa shape index (κ1) is 13.2. The monoisotopic (exact) mass is 284 g/mol. The van der Waals surface area contributed by atoms with Gasteiger partial charge in [0.05, 0.1) is 11.6 Å². The van der Waals surface area contributed by atoms with Crippen molar-refractivity contribution < 1.29 is 9.53 Å². The number of carbonyl (C=O) groups is 1. The van der Waals surface area contributed by atoms with E-state index in [0.29, 0.717) is 6.42 Å². The van der Waals surface area contributed by atoms with Crippen molar-refractivity contribution in [2.24, 2.45) is 0 Å². The van der Waals surface area contributed by atoms with E-state index in [1.807, 2.05) is 6.92 Å². The summed E-state index contributed by atoms with van der Waals surface area (Å²) < 4.78 is 6.38. The normalized spacial score (nSPS) is 10.3. The molecule has 1 aromatic rings. The van der Waals surface area contributed by atoms with Crippen molar-refractivity contribution in [3.05, 3.63) is 26.7 Å². The number of hydrogen-bond donors (Lipinski definition) is 0. The standard InChI is InChI=1S/C13H17BrO2/c1-8-9(2)13(16-4)12(14)10(3)11(8)6-5-7-15/h7H,5-6H2,1-4H3. The second kappa shape index (κ2) is 5.48. The molecule has 1 aromatic carbocycles. The maximum atomic E-state index is 10.5.